The predicted molar refractivity (Wildman–Crippen MR) is 133 cm³/mol. The van der Waals surface area contributed by atoms with Crippen LogP contribution in [0.25, 0.3) is 21.7 Å². The van der Waals surface area contributed by atoms with Gasteiger partial charge in [-0.05, 0) is 48.6 Å². The van der Waals surface area contributed by atoms with Gasteiger partial charge < -0.3 is 5.32 Å². The van der Waals surface area contributed by atoms with Gasteiger partial charge in [0.05, 0.1) is 21.9 Å². The molecule has 2 aromatic heterocycles. The fraction of sp³-hybridized carbons (Fsp3) is 0.115. The lowest BCUT2D eigenvalue weighted by atomic mass is 10.0. The quantitative estimate of drug-likeness (QED) is 0.329. The van der Waals surface area contributed by atoms with Crippen LogP contribution in [0.2, 0.25) is 0 Å². The molecule has 0 bridgehead atoms. The highest BCUT2D eigenvalue weighted by Crippen LogP contribution is 2.35. The Morgan fingerprint density at radius 2 is 1.91 bits per heavy atom. The molecular weight excluding hydrogens is 434 g/mol. The molecule has 0 aliphatic rings. The minimum Gasteiger partial charge on any atom is -0.325 e. The van der Waals surface area contributed by atoms with Crippen LogP contribution in [0.15, 0.2) is 77.1 Å². The number of hydrogen-bond donors (Lipinski definition) is 1. The Balaban J connectivity index is 1.64. The number of benzene rings is 2. The molecule has 6 heteroatoms. The number of nitrogens with zero attached hydrogens (tertiary/aromatic N) is 2. The summed E-state index contributed by atoms with van der Waals surface area (Å²) >= 11 is 2.88. The Kier molecular flexibility index (Phi) is 6.69. The number of thiophene rings is 1. The summed E-state index contributed by atoms with van der Waals surface area (Å²) in [4.78, 5) is 18.4. The second-order valence-corrected chi connectivity index (χ2v) is 9.26. The van der Waals surface area contributed by atoms with E-state index in [-0.39, 0.29) is 11.7 Å². The molecule has 4 aromatic rings. The molecule has 0 fully saturated rings. The molecule has 4 rings (SSSR count). The summed E-state index contributed by atoms with van der Waals surface area (Å²) in [7, 11) is 0. The average Bonchev–Trinajstić information content (AvgIpc) is 3.34. The number of amides is 1. The zero-order chi connectivity index (χ0) is 22.5. The molecule has 32 heavy (non-hydrogen) atoms. The Morgan fingerprint density at radius 3 is 2.59 bits per heavy atom. The molecule has 0 saturated heterocycles. The number of nitrogens with one attached hydrogen (secondary N) is 1. The molecule has 158 valence electrons. The SMILES string of the molecule is Cc1ccc(NC(=O)CSc2nc(-c3cccs3)cc(-c3ccccc3)c2C#N)c(C)c1. The van der Waals surface area contributed by atoms with Crippen LogP contribution in [0.5, 0.6) is 0 Å². The summed E-state index contributed by atoms with van der Waals surface area (Å²) in [5.41, 5.74) is 6.03. The summed E-state index contributed by atoms with van der Waals surface area (Å²) in [6.07, 6.45) is 0. The Morgan fingerprint density at radius 1 is 1.09 bits per heavy atom. The van der Waals surface area contributed by atoms with E-state index in [4.69, 9.17) is 4.98 Å². The molecule has 0 aliphatic heterocycles. The number of carbonyl (C=O) groups excluding carboxylic acids is 1. The number of hydrogen-bond acceptors (Lipinski definition) is 5. The molecule has 4 nitrogen and oxygen atoms in total. The second-order valence-electron chi connectivity index (χ2n) is 7.35. The van der Waals surface area contributed by atoms with Crippen LogP contribution in [-0.4, -0.2) is 16.6 Å². The van der Waals surface area contributed by atoms with Crippen LogP contribution >= 0.6 is 23.1 Å². The van der Waals surface area contributed by atoms with Gasteiger partial charge in [0, 0.05) is 11.3 Å². The van der Waals surface area contributed by atoms with Crippen LogP contribution in [0.4, 0.5) is 5.69 Å². The van der Waals surface area contributed by atoms with Crippen LogP contribution in [0.1, 0.15) is 16.7 Å². The van der Waals surface area contributed by atoms with Gasteiger partial charge >= 0.3 is 0 Å². The minimum atomic E-state index is -0.129. The van der Waals surface area contributed by atoms with E-state index in [0.29, 0.717) is 10.6 Å². The lowest BCUT2D eigenvalue weighted by Crippen LogP contribution is -2.15. The van der Waals surface area contributed by atoms with Crippen molar-refractivity contribution in [3.63, 3.8) is 0 Å². The first-order chi connectivity index (χ1) is 15.5. The first-order valence-electron chi connectivity index (χ1n) is 10.1. The average molecular weight is 456 g/mol. The maximum atomic E-state index is 12.7. The van der Waals surface area contributed by atoms with Gasteiger partial charge in [0.2, 0.25) is 5.91 Å². The van der Waals surface area contributed by atoms with Crippen molar-refractivity contribution in [2.45, 2.75) is 18.9 Å². The van der Waals surface area contributed by atoms with Crippen molar-refractivity contribution in [2.24, 2.45) is 0 Å². The van der Waals surface area contributed by atoms with Gasteiger partial charge in [-0.15, -0.1) is 11.3 Å². The van der Waals surface area contributed by atoms with Crippen molar-refractivity contribution in [1.29, 1.82) is 5.26 Å². The van der Waals surface area contributed by atoms with E-state index in [9.17, 15) is 10.1 Å². The molecule has 0 spiro atoms. The fourth-order valence-electron chi connectivity index (χ4n) is 3.40. The second kappa shape index (κ2) is 9.82. The normalized spacial score (nSPS) is 10.5. The van der Waals surface area contributed by atoms with E-state index in [1.54, 1.807) is 11.3 Å². The zero-order valence-corrected chi connectivity index (χ0v) is 19.4. The van der Waals surface area contributed by atoms with E-state index < -0.39 is 0 Å². The first-order valence-corrected chi connectivity index (χ1v) is 12.0. The van der Waals surface area contributed by atoms with Gasteiger partial charge in [-0.3, -0.25) is 4.79 Å². The highest BCUT2D eigenvalue weighted by molar-refractivity contribution is 8.00. The maximum absolute atomic E-state index is 12.7. The predicted octanol–water partition coefficient (Wildman–Crippen LogP) is 6.70. The third kappa shape index (κ3) is 4.91. The molecule has 2 aromatic carbocycles. The minimum absolute atomic E-state index is 0.129. The monoisotopic (exact) mass is 455 g/mol. The lowest BCUT2D eigenvalue weighted by molar-refractivity contribution is -0.113. The van der Waals surface area contributed by atoms with E-state index >= 15 is 0 Å². The smallest absolute Gasteiger partial charge is 0.234 e. The number of rotatable bonds is 6. The zero-order valence-electron chi connectivity index (χ0n) is 17.8. The highest BCUT2D eigenvalue weighted by atomic mass is 32.2. The Hall–Kier alpha value is -3.40. The summed E-state index contributed by atoms with van der Waals surface area (Å²) in [5.74, 6) is 0.0346. The molecule has 0 saturated carbocycles. The van der Waals surface area contributed by atoms with Crippen LogP contribution in [0.3, 0.4) is 0 Å². The molecule has 2 heterocycles. The van der Waals surface area contributed by atoms with Crippen molar-refractivity contribution in [2.75, 3.05) is 11.1 Å². The van der Waals surface area contributed by atoms with E-state index in [0.717, 1.165) is 38.5 Å². The van der Waals surface area contributed by atoms with Crippen molar-refractivity contribution in [1.82, 2.24) is 4.98 Å². The lowest BCUT2D eigenvalue weighted by Gasteiger charge is -2.12. The Bertz CT molecular complexity index is 1290. The van der Waals surface area contributed by atoms with E-state index in [1.807, 2.05) is 86.0 Å². The van der Waals surface area contributed by atoms with Gasteiger partial charge in [0.25, 0.3) is 0 Å². The largest absolute Gasteiger partial charge is 0.325 e. The van der Waals surface area contributed by atoms with E-state index in [2.05, 4.69) is 11.4 Å². The number of nitriles is 1. The third-order valence-corrected chi connectivity index (χ3v) is 6.82. The topological polar surface area (TPSA) is 65.8 Å². The van der Waals surface area contributed by atoms with Gasteiger partial charge in [-0.1, -0.05) is 65.9 Å². The fourth-order valence-corrected chi connectivity index (χ4v) is 4.89. The number of thioether (sulfide) groups is 1. The van der Waals surface area contributed by atoms with E-state index in [1.165, 1.54) is 11.8 Å². The van der Waals surface area contributed by atoms with Gasteiger partial charge in [-0.2, -0.15) is 5.26 Å². The maximum Gasteiger partial charge on any atom is 0.234 e. The number of aromatic nitrogens is 1. The van der Waals surface area contributed by atoms with Gasteiger partial charge in [-0.25, -0.2) is 4.98 Å². The number of anilines is 1. The van der Waals surface area contributed by atoms with Gasteiger partial charge in [0.15, 0.2) is 0 Å². The number of pyridine rings is 1. The van der Waals surface area contributed by atoms with Crippen molar-refractivity contribution < 1.29 is 4.79 Å². The van der Waals surface area contributed by atoms with Crippen molar-refractivity contribution >= 4 is 34.7 Å². The van der Waals surface area contributed by atoms with Crippen molar-refractivity contribution in [3.05, 3.63) is 88.8 Å². The van der Waals surface area contributed by atoms with Gasteiger partial charge in [0.1, 0.15) is 11.1 Å². The number of carbonyl (C=O) groups is 1. The summed E-state index contributed by atoms with van der Waals surface area (Å²) in [6, 6.07) is 24.0. The Labute approximate surface area is 196 Å². The van der Waals surface area contributed by atoms with Crippen LogP contribution < -0.4 is 5.32 Å². The summed E-state index contributed by atoms with van der Waals surface area (Å²) in [6.45, 7) is 4.00. The third-order valence-electron chi connectivity index (χ3n) is 4.95. The molecule has 1 amide bonds. The molecule has 0 aliphatic carbocycles. The molecule has 0 unspecified atom stereocenters. The van der Waals surface area contributed by atoms with Crippen LogP contribution in [-0.2, 0) is 4.79 Å². The standard InChI is InChI=1S/C26H21N3OS2/c1-17-10-11-22(18(2)13-17)28-25(30)16-32-26-21(15-27)20(19-7-4-3-5-8-19)14-23(29-26)24-9-6-12-31-24/h3-14H,16H2,1-2H3,(H,28,30). The summed E-state index contributed by atoms with van der Waals surface area (Å²) in [5, 5.41) is 15.5. The molecule has 1 N–H and O–H groups in total. The molecule has 0 atom stereocenters. The number of aryl methyl sites for hydroxylation is 2. The first kappa shape index (κ1) is 21.8. The van der Waals surface area contributed by atoms with Crippen molar-refractivity contribution in [3.8, 4) is 27.8 Å². The van der Waals surface area contributed by atoms with Crippen LogP contribution in [0, 0.1) is 25.2 Å². The molecular formula is C26H21N3OS2. The highest BCUT2D eigenvalue weighted by Gasteiger charge is 2.17. The summed E-state index contributed by atoms with van der Waals surface area (Å²) < 4.78 is 0. The molecule has 0 radical (unpaired) electrons.